The molecule has 6 nitrogen and oxygen atoms in total. The number of hydrogen-bond donors (Lipinski definition) is 2. The van der Waals surface area contributed by atoms with E-state index >= 15 is 0 Å². The average Bonchev–Trinajstić information content (AvgIpc) is 3.31. The number of thiocarbonyl (C=S) groups is 1. The molecule has 1 saturated heterocycles. The van der Waals surface area contributed by atoms with Gasteiger partial charge in [0.05, 0.1) is 0 Å². The molecule has 1 aromatic heterocycles. The predicted octanol–water partition coefficient (Wildman–Crippen LogP) is 2.00. The lowest BCUT2D eigenvalue weighted by molar-refractivity contribution is -0.122. The second-order valence-electron chi connectivity index (χ2n) is 6.61. The lowest BCUT2D eigenvalue weighted by Gasteiger charge is -2.08. The summed E-state index contributed by atoms with van der Waals surface area (Å²) in [4.78, 5) is 26.2. The number of likely N-dealkylation sites (N-methyl/N-ethyl adjacent to an activating group) is 1. The van der Waals surface area contributed by atoms with Gasteiger partial charge in [-0.15, -0.1) is 0 Å². The summed E-state index contributed by atoms with van der Waals surface area (Å²) in [6.07, 6.45) is 5.85. The van der Waals surface area contributed by atoms with E-state index in [0.29, 0.717) is 23.4 Å². The third-order valence-corrected chi connectivity index (χ3v) is 4.98. The molecule has 1 aromatic carbocycles. The van der Waals surface area contributed by atoms with Gasteiger partial charge >= 0.3 is 0 Å². The van der Waals surface area contributed by atoms with Crippen LogP contribution in [0.4, 0.5) is 0 Å². The molecular formula is C19H20N4O2S. The van der Waals surface area contributed by atoms with E-state index in [1.165, 1.54) is 4.90 Å². The van der Waals surface area contributed by atoms with Crippen LogP contribution in [0.1, 0.15) is 25.3 Å². The minimum absolute atomic E-state index is 0.0147. The van der Waals surface area contributed by atoms with Crippen LogP contribution in [-0.4, -0.2) is 39.0 Å². The Morgan fingerprint density at radius 1 is 1.38 bits per heavy atom. The SMILES string of the molecule is CCN1C(=O)/C(=C/c2cn(CC(=O)NC3CC3)c3ccccc23)NC1=S. The van der Waals surface area contributed by atoms with Crippen LogP contribution in [0, 0.1) is 0 Å². The summed E-state index contributed by atoms with van der Waals surface area (Å²) in [5.74, 6) is -0.110. The maximum Gasteiger partial charge on any atom is 0.276 e. The molecule has 1 aliphatic heterocycles. The number of carbonyl (C=O) groups excluding carboxylic acids is 2. The summed E-state index contributed by atoms with van der Waals surface area (Å²) in [5, 5.41) is 7.42. The summed E-state index contributed by atoms with van der Waals surface area (Å²) in [5.41, 5.74) is 2.31. The van der Waals surface area contributed by atoms with Crippen LogP contribution in [0.25, 0.3) is 17.0 Å². The van der Waals surface area contributed by atoms with E-state index in [-0.39, 0.29) is 18.4 Å². The molecule has 7 heteroatoms. The lowest BCUT2D eigenvalue weighted by atomic mass is 10.1. The number of carbonyl (C=O) groups is 2. The topological polar surface area (TPSA) is 66.4 Å². The molecule has 2 aliphatic rings. The lowest BCUT2D eigenvalue weighted by Crippen LogP contribution is -2.30. The van der Waals surface area contributed by atoms with Crippen molar-refractivity contribution in [2.75, 3.05) is 6.54 Å². The van der Waals surface area contributed by atoms with Gasteiger partial charge in [-0.1, -0.05) is 18.2 Å². The molecular weight excluding hydrogens is 348 g/mol. The smallest absolute Gasteiger partial charge is 0.276 e. The molecule has 0 unspecified atom stereocenters. The van der Waals surface area contributed by atoms with Crippen molar-refractivity contribution in [3.63, 3.8) is 0 Å². The van der Waals surface area contributed by atoms with E-state index in [2.05, 4.69) is 10.6 Å². The Bertz CT molecular complexity index is 942. The van der Waals surface area contributed by atoms with Crippen molar-refractivity contribution < 1.29 is 9.59 Å². The molecule has 2 aromatic rings. The molecule has 26 heavy (non-hydrogen) atoms. The van der Waals surface area contributed by atoms with Gasteiger partial charge in [0.25, 0.3) is 5.91 Å². The second-order valence-corrected chi connectivity index (χ2v) is 7.00. The van der Waals surface area contributed by atoms with Crippen molar-refractivity contribution in [2.24, 2.45) is 0 Å². The molecule has 2 heterocycles. The minimum atomic E-state index is -0.124. The molecule has 1 saturated carbocycles. The molecule has 2 amide bonds. The van der Waals surface area contributed by atoms with Crippen LogP contribution < -0.4 is 10.6 Å². The maximum atomic E-state index is 12.4. The van der Waals surface area contributed by atoms with Crippen molar-refractivity contribution in [1.29, 1.82) is 0 Å². The molecule has 0 atom stereocenters. The first-order chi connectivity index (χ1) is 12.6. The Morgan fingerprint density at radius 2 is 2.15 bits per heavy atom. The minimum Gasteiger partial charge on any atom is -0.352 e. The summed E-state index contributed by atoms with van der Waals surface area (Å²) < 4.78 is 1.93. The van der Waals surface area contributed by atoms with E-state index in [9.17, 15) is 9.59 Å². The van der Waals surface area contributed by atoms with E-state index in [1.54, 1.807) is 0 Å². The maximum absolute atomic E-state index is 12.4. The van der Waals surface area contributed by atoms with Gasteiger partial charge in [0.1, 0.15) is 12.2 Å². The fourth-order valence-corrected chi connectivity index (χ4v) is 3.51. The number of para-hydroxylation sites is 1. The Hall–Kier alpha value is -2.67. The van der Waals surface area contributed by atoms with Crippen molar-refractivity contribution >= 4 is 46.1 Å². The van der Waals surface area contributed by atoms with Crippen molar-refractivity contribution in [3.8, 4) is 0 Å². The first kappa shape index (κ1) is 16.8. The van der Waals surface area contributed by atoms with Crippen molar-refractivity contribution in [2.45, 2.75) is 32.4 Å². The molecule has 0 radical (unpaired) electrons. The van der Waals surface area contributed by atoms with Gasteiger partial charge in [-0.05, 0) is 44.1 Å². The van der Waals surface area contributed by atoms with Gasteiger partial charge in [-0.2, -0.15) is 0 Å². The Morgan fingerprint density at radius 3 is 2.85 bits per heavy atom. The van der Waals surface area contributed by atoms with Gasteiger partial charge in [-0.25, -0.2) is 0 Å². The van der Waals surface area contributed by atoms with Crippen LogP contribution in [-0.2, 0) is 16.1 Å². The zero-order valence-electron chi connectivity index (χ0n) is 14.5. The Kier molecular flexibility index (Phi) is 4.24. The highest BCUT2D eigenvalue weighted by molar-refractivity contribution is 7.80. The summed E-state index contributed by atoms with van der Waals surface area (Å²) in [6.45, 7) is 2.69. The quantitative estimate of drug-likeness (QED) is 0.626. The van der Waals surface area contributed by atoms with Gasteiger partial charge in [0.15, 0.2) is 5.11 Å². The van der Waals surface area contributed by atoms with Crippen LogP contribution in [0.3, 0.4) is 0 Å². The summed E-state index contributed by atoms with van der Waals surface area (Å²) in [6, 6.07) is 8.21. The number of aromatic nitrogens is 1. The number of fused-ring (bicyclic) bond motifs is 1. The molecule has 0 bridgehead atoms. The summed E-state index contributed by atoms with van der Waals surface area (Å²) in [7, 11) is 0. The third kappa shape index (κ3) is 3.10. The standard InChI is InChI=1S/C19H20N4O2S/c1-2-23-18(25)15(21-19(23)26)9-12-10-22(11-17(24)20-13-7-8-13)16-6-4-3-5-14(12)16/h3-6,9-10,13H,2,7-8,11H2,1H3,(H,20,24)(H,21,26)/b15-9-. The van der Waals surface area contributed by atoms with Crippen LogP contribution in [0.5, 0.6) is 0 Å². The van der Waals surface area contributed by atoms with Gasteiger partial charge in [-0.3, -0.25) is 14.5 Å². The zero-order chi connectivity index (χ0) is 18.3. The molecule has 2 fully saturated rings. The second kappa shape index (κ2) is 6.57. The van der Waals surface area contributed by atoms with Gasteiger partial charge < -0.3 is 15.2 Å². The third-order valence-electron chi connectivity index (χ3n) is 4.65. The fourth-order valence-electron chi connectivity index (χ4n) is 3.19. The molecule has 134 valence electrons. The van der Waals surface area contributed by atoms with Gasteiger partial charge in [0.2, 0.25) is 5.91 Å². The highest BCUT2D eigenvalue weighted by atomic mass is 32.1. The predicted molar refractivity (Wildman–Crippen MR) is 104 cm³/mol. The highest BCUT2D eigenvalue weighted by Gasteiger charge is 2.29. The molecule has 0 spiro atoms. The van der Waals surface area contributed by atoms with Crippen molar-refractivity contribution in [1.82, 2.24) is 20.1 Å². The van der Waals surface area contributed by atoms with E-state index in [4.69, 9.17) is 12.2 Å². The normalized spacial score (nSPS) is 18.7. The first-order valence-electron chi connectivity index (χ1n) is 8.78. The molecule has 2 N–H and O–H groups in total. The van der Waals surface area contributed by atoms with Crippen LogP contribution >= 0.6 is 12.2 Å². The number of rotatable bonds is 5. The first-order valence-corrected chi connectivity index (χ1v) is 9.19. The van der Waals surface area contributed by atoms with E-state index < -0.39 is 0 Å². The largest absolute Gasteiger partial charge is 0.352 e. The number of amides is 2. The number of nitrogens with zero attached hydrogens (tertiary/aromatic N) is 2. The van der Waals surface area contributed by atoms with E-state index in [1.807, 2.05) is 48.0 Å². The van der Waals surface area contributed by atoms with Crippen LogP contribution in [0.2, 0.25) is 0 Å². The number of hydrogen-bond acceptors (Lipinski definition) is 3. The van der Waals surface area contributed by atoms with Gasteiger partial charge in [0, 0.05) is 35.2 Å². The Balaban J connectivity index is 1.67. The van der Waals surface area contributed by atoms with Crippen LogP contribution in [0.15, 0.2) is 36.2 Å². The Labute approximate surface area is 156 Å². The number of nitrogens with one attached hydrogen (secondary N) is 2. The monoisotopic (exact) mass is 368 g/mol. The van der Waals surface area contributed by atoms with E-state index in [0.717, 1.165) is 29.3 Å². The van der Waals surface area contributed by atoms with Crippen molar-refractivity contribution in [3.05, 3.63) is 41.7 Å². The molecule has 1 aliphatic carbocycles. The zero-order valence-corrected chi connectivity index (χ0v) is 15.3. The number of benzene rings is 1. The fraction of sp³-hybridized carbons (Fsp3) is 0.316. The summed E-state index contributed by atoms with van der Waals surface area (Å²) >= 11 is 5.21. The molecule has 4 rings (SSSR count). The highest BCUT2D eigenvalue weighted by Crippen LogP contribution is 2.25. The average molecular weight is 368 g/mol.